The van der Waals surface area contributed by atoms with Crippen LogP contribution in [0.25, 0.3) is 0 Å². The number of hydrogen-bond donors (Lipinski definition) is 2. The minimum Gasteiger partial charge on any atom is -0.495 e. The van der Waals surface area contributed by atoms with E-state index in [0.29, 0.717) is 30.8 Å². The molecule has 0 atom stereocenters. The standard InChI is InChI=1S/C12H16N2O3S/c1-3-4-5-8-14-18(15,16)10-6-7-11(13)12(9-10)17-2/h1,6-7,9,14H,4-5,8,13H2,2H3. The molecule has 0 saturated heterocycles. The number of sulfonamides is 1. The fourth-order valence-corrected chi connectivity index (χ4v) is 2.43. The number of ether oxygens (including phenoxy) is 1. The molecule has 0 aliphatic rings. The predicted molar refractivity (Wildman–Crippen MR) is 70.7 cm³/mol. The normalized spacial score (nSPS) is 10.9. The van der Waals surface area contributed by atoms with Gasteiger partial charge in [-0.25, -0.2) is 13.1 Å². The Labute approximate surface area is 107 Å². The second kappa shape index (κ2) is 6.28. The van der Waals surface area contributed by atoms with Gasteiger partial charge in [0.15, 0.2) is 0 Å². The van der Waals surface area contributed by atoms with E-state index >= 15 is 0 Å². The van der Waals surface area contributed by atoms with Crippen molar-refractivity contribution in [2.24, 2.45) is 0 Å². The maximum Gasteiger partial charge on any atom is 0.240 e. The topological polar surface area (TPSA) is 81.4 Å². The Hall–Kier alpha value is -1.71. The summed E-state index contributed by atoms with van der Waals surface area (Å²) < 4.78 is 31.3. The van der Waals surface area contributed by atoms with Gasteiger partial charge in [0.25, 0.3) is 0 Å². The zero-order valence-electron chi connectivity index (χ0n) is 10.1. The van der Waals surface area contributed by atoms with Crippen molar-refractivity contribution in [1.29, 1.82) is 0 Å². The number of nitrogens with one attached hydrogen (secondary N) is 1. The fourth-order valence-electron chi connectivity index (χ4n) is 1.34. The van der Waals surface area contributed by atoms with Crippen LogP contribution in [0.4, 0.5) is 5.69 Å². The van der Waals surface area contributed by atoms with Gasteiger partial charge in [-0.1, -0.05) is 0 Å². The first-order chi connectivity index (χ1) is 8.51. The van der Waals surface area contributed by atoms with E-state index in [1.165, 1.54) is 25.3 Å². The SMILES string of the molecule is C#CCCCNS(=O)(=O)c1ccc(N)c(OC)c1. The third-order valence-corrected chi connectivity index (χ3v) is 3.76. The minimum absolute atomic E-state index is 0.120. The van der Waals surface area contributed by atoms with E-state index in [4.69, 9.17) is 16.9 Å². The van der Waals surface area contributed by atoms with Crippen molar-refractivity contribution in [2.45, 2.75) is 17.7 Å². The maximum atomic E-state index is 11.9. The molecule has 0 bridgehead atoms. The first kappa shape index (κ1) is 14.4. The Morgan fingerprint density at radius 3 is 2.83 bits per heavy atom. The number of benzene rings is 1. The molecule has 0 fully saturated rings. The zero-order valence-corrected chi connectivity index (χ0v) is 11.0. The van der Waals surface area contributed by atoms with Gasteiger partial charge in [0.05, 0.1) is 17.7 Å². The molecule has 3 N–H and O–H groups in total. The van der Waals surface area contributed by atoms with Crippen LogP contribution in [-0.2, 0) is 10.0 Å². The molecular formula is C12H16N2O3S. The monoisotopic (exact) mass is 268 g/mol. The molecule has 98 valence electrons. The number of nitrogens with two attached hydrogens (primary N) is 1. The lowest BCUT2D eigenvalue weighted by atomic mass is 10.3. The third kappa shape index (κ3) is 3.65. The maximum absolute atomic E-state index is 11.9. The van der Waals surface area contributed by atoms with Gasteiger partial charge in [-0.2, -0.15) is 0 Å². The Bertz CT molecular complexity index is 547. The van der Waals surface area contributed by atoms with Crippen LogP contribution in [0.1, 0.15) is 12.8 Å². The molecule has 0 amide bonds. The van der Waals surface area contributed by atoms with Gasteiger partial charge in [-0.15, -0.1) is 12.3 Å². The number of nitrogen functional groups attached to an aromatic ring is 1. The number of methoxy groups -OCH3 is 1. The van der Waals surface area contributed by atoms with E-state index in [2.05, 4.69) is 10.6 Å². The third-order valence-electron chi connectivity index (χ3n) is 2.31. The number of anilines is 1. The van der Waals surface area contributed by atoms with Crippen LogP contribution in [0.2, 0.25) is 0 Å². The van der Waals surface area contributed by atoms with Gasteiger partial charge in [0.2, 0.25) is 10.0 Å². The van der Waals surface area contributed by atoms with Gasteiger partial charge in [0, 0.05) is 19.0 Å². The van der Waals surface area contributed by atoms with Crippen molar-refractivity contribution in [2.75, 3.05) is 19.4 Å². The average Bonchev–Trinajstić information content (AvgIpc) is 2.35. The highest BCUT2D eigenvalue weighted by molar-refractivity contribution is 7.89. The highest BCUT2D eigenvalue weighted by atomic mass is 32.2. The predicted octanol–water partition coefficient (Wildman–Crippen LogP) is 0.969. The summed E-state index contributed by atoms with van der Waals surface area (Å²) >= 11 is 0. The molecule has 0 unspecified atom stereocenters. The van der Waals surface area contributed by atoms with E-state index in [1.807, 2.05) is 0 Å². The lowest BCUT2D eigenvalue weighted by Gasteiger charge is -2.09. The Morgan fingerprint density at radius 1 is 1.50 bits per heavy atom. The first-order valence-electron chi connectivity index (χ1n) is 5.38. The van der Waals surface area contributed by atoms with Crippen molar-refractivity contribution in [3.8, 4) is 18.1 Å². The van der Waals surface area contributed by atoms with Crippen molar-refractivity contribution in [3.63, 3.8) is 0 Å². The second-order valence-electron chi connectivity index (χ2n) is 3.61. The summed E-state index contributed by atoms with van der Waals surface area (Å²) in [6.07, 6.45) is 6.22. The van der Waals surface area contributed by atoms with Crippen LogP contribution in [0, 0.1) is 12.3 Å². The summed E-state index contributed by atoms with van der Waals surface area (Å²) in [5.74, 6) is 2.78. The summed E-state index contributed by atoms with van der Waals surface area (Å²) in [7, 11) is -2.11. The Balaban J connectivity index is 2.82. The number of hydrogen-bond acceptors (Lipinski definition) is 4. The first-order valence-corrected chi connectivity index (χ1v) is 6.86. The van der Waals surface area contributed by atoms with Crippen LogP contribution >= 0.6 is 0 Å². The van der Waals surface area contributed by atoms with E-state index in [-0.39, 0.29) is 4.90 Å². The molecule has 5 nitrogen and oxygen atoms in total. The van der Waals surface area contributed by atoms with Crippen molar-refractivity contribution in [1.82, 2.24) is 4.72 Å². The molecule has 0 radical (unpaired) electrons. The Kier molecular flexibility index (Phi) is 5.01. The summed E-state index contributed by atoms with van der Waals surface area (Å²) in [5.41, 5.74) is 6.01. The highest BCUT2D eigenvalue weighted by Gasteiger charge is 2.15. The number of terminal acetylenes is 1. The fraction of sp³-hybridized carbons (Fsp3) is 0.333. The van der Waals surface area contributed by atoms with Crippen LogP contribution in [0.3, 0.4) is 0 Å². The van der Waals surface area contributed by atoms with Crippen molar-refractivity contribution in [3.05, 3.63) is 18.2 Å². The van der Waals surface area contributed by atoms with Crippen LogP contribution in [-0.4, -0.2) is 22.1 Å². The summed E-state index contributed by atoms with van der Waals surface area (Å²) in [4.78, 5) is 0.120. The molecule has 0 aromatic heterocycles. The molecule has 1 aromatic carbocycles. The van der Waals surface area contributed by atoms with Gasteiger partial charge >= 0.3 is 0 Å². The molecule has 1 aromatic rings. The molecule has 18 heavy (non-hydrogen) atoms. The van der Waals surface area contributed by atoms with Gasteiger partial charge in [-0.3, -0.25) is 0 Å². The molecule has 6 heteroatoms. The summed E-state index contributed by atoms with van der Waals surface area (Å²) in [6, 6.07) is 4.31. The van der Waals surface area contributed by atoms with E-state index in [9.17, 15) is 8.42 Å². The summed E-state index contributed by atoms with van der Waals surface area (Å²) in [5, 5.41) is 0. The molecule has 0 spiro atoms. The Morgan fingerprint density at radius 2 is 2.22 bits per heavy atom. The van der Waals surface area contributed by atoms with Crippen molar-refractivity contribution >= 4 is 15.7 Å². The quantitative estimate of drug-likeness (QED) is 0.457. The van der Waals surface area contributed by atoms with Crippen LogP contribution < -0.4 is 15.2 Å². The highest BCUT2D eigenvalue weighted by Crippen LogP contribution is 2.24. The molecule has 0 aliphatic carbocycles. The molecule has 0 heterocycles. The van der Waals surface area contributed by atoms with Gasteiger partial charge in [-0.05, 0) is 18.6 Å². The summed E-state index contributed by atoms with van der Waals surface area (Å²) in [6.45, 7) is 0.305. The van der Waals surface area contributed by atoms with E-state index in [0.717, 1.165) is 0 Å². The largest absolute Gasteiger partial charge is 0.495 e. The zero-order chi connectivity index (χ0) is 13.6. The van der Waals surface area contributed by atoms with E-state index < -0.39 is 10.0 Å². The van der Waals surface area contributed by atoms with Gasteiger partial charge < -0.3 is 10.5 Å². The number of unbranched alkanes of at least 4 members (excludes halogenated alkanes) is 1. The second-order valence-corrected chi connectivity index (χ2v) is 5.38. The molecular weight excluding hydrogens is 252 g/mol. The average molecular weight is 268 g/mol. The lowest BCUT2D eigenvalue weighted by molar-refractivity contribution is 0.415. The molecule has 1 rings (SSSR count). The molecule has 0 aliphatic heterocycles. The van der Waals surface area contributed by atoms with E-state index in [1.54, 1.807) is 0 Å². The molecule has 0 saturated carbocycles. The van der Waals surface area contributed by atoms with Gasteiger partial charge in [0.1, 0.15) is 5.75 Å². The minimum atomic E-state index is -3.54. The number of rotatable bonds is 6. The van der Waals surface area contributed by atoms with Crippen LogP contribution in [0.5, 0.6) is 5.75 Å². The smallest absolute Gasteiger partial charge is 0.240 e. The van der Waals surface area contributed by atoms with Crippen molar-refractivity contribution < 1.29 is 13.2 Å². The van der Waals surface area contributed by atoms with Crippen LogP contribution in [0.15, 0.2) is 23.1 Å². The lowest BCUT2D eigenvalue weighted by Crippen LogP contribution is -2.24.